The summed E-state index contributed by atoms with van der Waals surface area (Å²) in [6, 6.07) is 1.55. The SMILES string of the molecule is CNCc1cc(S(=O)(=O)N2CCOCC2)c(Br)o1. The van der Waals surface area contributed by atoms with Crippen molar-refractivity contribution in [2.45, 2.75) is 11.4 Å². The Morgan fingerprint density at radius 2 is 2.11 bits per heavy atom. The van der Waals surface area contributed by atoms with Gasteiger partial charge in [0.15, 0.2) is 4.67 Å². The molecule has 0 unspecified atom stereocenters. The van der Waals surface area contributed by atoms with Crippen molar-refractivity contribution in [1.82, 2.24) is 9.62 Å². The van der Waals surface area contributed by atoms with Gasteiger partial charge in [0.25, 0.3) is 0 Å². The second-order valence-electron chi connectivity index (χ2n) is 3.90. The number of hydrogen-bond acceptors (Lipinski definition) is 5. The minimum absolute atomic E-state index is 0.176. The topological polar surface area (TPSA) is 71.8 Å². The van der Waals surface area contributed by atoms with Crippen molar-refractivity contribution in [3.05, 3.63) is 16.5 Å². The van der Waals surface area contributed by atoms with Gasteiger partial charge in [0, 0.05) is 19.2 Å². The zero-order valence-corrected chi connectivity index (χ0v) is 12.4. The van der Waals surface area contributed by atoms with Gasteiger partial charge in [-0.1, -0.05) is 0 Å². The van der Waals surface area contributed by atoms with Crippen molar-refractivity contribution >= 4 is 26.0 Å². The highest BCUT2D eigenvalue weighted by molar-refractivity contribution is 9.10. The number of sulfonamides is 1. The predicted octanol–water partition coefficient (Wildman–Crippen LogP) is 0.782. The van der Waals surface area contributed by atoms with Gasteiger partial charge >= 0.3 is 0 Å². The van der Waals surface area contributed by atoms with Gasteiger partial charge in [0.05, 0.1) is 19.8 Å². The molecule has 1 N–H and O–H groups in total. The fourth-order valence-electron chi connectivity index (χ4n) is 1.76. The van der Waals surface area contributed by atoms with Crippen LogP contribution in [0.25, 0.3) is 0 Å². The van der Waals surface area contributed by atoms with E-state index < -0.39 is 10.0 Å². The molecule has 8 heteroatoms. The predicted molar refractivity (Wildman–Crippen MR) is 68.7 cm³/mol. The van der Waals surface area contributed by atoms with Gasteiger partial charge in [-0.3, -0.25) is 0 Å². The van der Waals surface area contributed by atoms with Gasteiger partial charge < -0.3 is 14.5 Å². The van der Waals surface area contributed by atoms with E-state index in [1.54, 1.807) is 13.1 Å². The molecule has 1 aliphatic rings. The monoisotopic (exact) mass is 338 g/mol. The molecule has 1 aromatic rings. The van der Waals surface area contributed by atoms with Crippen LogP contribution in [-0.2, 0) is 21.3 Å². The third-order valence-electron chi connectivity index (χ3n) is 2.65. The molecule has 1 aliphatic heterocycles. The minimum Gasteiger partial charge on any atom is -0.452 e. The lowest BCUT2D eigenvalue weighted by atomic mass is 10.4. The van der Waals surface area contributed by atoms with Crippen molar-refractivity contribution in [2.75, 3.05) is 33.4 Å². The molecule has 0 radical (unpaired) electrons. The van der Waals surface area contributed by atoms with E-state index in [1.807, 2.05) is 0 Å². The average Bonchev–Trinajstić information content (AvgIpc) is 2.73. The fraction of sp³-hybridized carbons (Fsp3) is 0.600. The van der Waals surface area contributed by atoms with E-state index in [2.05, 4.69) is 21.2 Å². The lowest BCUT2D eigenvalue weighted by Crippen LogP contribution is -2.40. The van der Waals surface area contributed by atoms with Crippen LogP contribution < -0.4 is 5.32 Å². The highest BCUT2D eigenvalue weighted by Crippen LogP contribution is 2.29. The lowest BCUT2D eigenvalue weighted by molar-refractivity contribution is 0.0730. The van der Waals surface area contributed by atoms with Gasteiger partial charge in [-0.05, 0) is 23.0 Å². The summed E-state index contributed by atoms with van der Waals surface area (Å²) in [6.07, 6.45) is 0. The van der Waals surface area contributed by atoms with Crippen LogP contribution in [0.4, 0.5) is 0 Å². The van der Waals surface area contributed by atoms with E-state index in [4.69, 9.17) is 9.15 Å². The lowest BCUT2D eigenvalue weighted by Gasteiger charge is -2.25. The van der Waals surface area contributed by atoms with Crippen LogP contribution in [0.15, 0.2) is 20.0 Å². The van der Waals surface area contributed by atoms with Crippen LogP contribution in [0.1, 0.15) is 5.76 Å². The summed E-state index contributed by atoms with van der Waals surface area (Å²) < 4.78 is 36.9. The molecule has 0 spiro atoms. The minimum atomic E-state index is -3.51. The Balaban J connectivity index is 2.28. The van der Waals surface area contributed by atoms with Crippen molar-refractivity contribution < 1.29 is 17.6 Å². The molecule has 6 nitrogen and oxygen atoms in total. The van der Waals surface area contributed by atoms with Crippen LogP contribution in [0, 0.1) is 0 Å². The summed E-state index contributed by atoms with van der Waals surface area (Å²) >= 11 is 3.16. The molecule has 0 amide bonds. The first-order chi connectivity index (χ1) is 8.55. The molecule has 2 heterocycles. The van der Waals surface area contributed by atoms with Crippen molar-refractivity contribution in [3.8, 4) is 0 Å². The van der Waals surface area contributed by atoms with E-state index in [-0.39, 0.29) is 9.56 Å². The summed E-state index contributed by atoms with van der Waals surface area (Å²) in [5, 5.41) is 2.91. The number of rotatable bonds is 4. The molecule has 1 aromatic heterocycles. The third kappa shape index (κ3) is 2.77. The fourth-order valence-corrected chi connectivity index (χ4v) is 4.13. The van der Waals surface area contributed by atoms with Crippen LogP contribution in [0.2, 0.25) is 0 Å². The number of nitrogens with zero attached hydrogens (tertiary/aromatic N) is 1. The second-order valence-corrected chi connectivity index (χ2v) is 6.52. The van der Waals surface area contributed by atoms with E-state index in [0.29, 0.717) is 38.6 Å². The maximum absolute atomic E-state index is 12.4. The zero-order valence-electron chi connectivity index (χ0n) is 9.98. The molecule has 2 rings (SSSR count). The Bertz CT molecular complexity index is 508. The largest absolute Gasteiger partial charge is 0.452 e. The highest BCUT2D eigenvalue weighted by Gasteiger charge is 2.30. The number of morpholine rings is 1. The number of furan rings is 1. The molecule has 0 bridgehead atoms. The Labute approximate surface area is 114 Å². The maximum Gasteiger partial charge on any atom is 0.247 e. The molecule has 102 valence electrons. The Morgan fingerprint density at radius 1 is 1.44 bits per heavy atom. The first kappa shape index (κ1) is 14.0. The Morgan fingerprint density at radius 3 is 2.72 bits per heavy atom. The number of nitrogens with one attached hydrogen (secondary N) is 1. The van der Waals surface area contributed by atoms with Crippen molar-refractivity contribution in [1.29, 1.82) is 0 Å². The van der Waals surface area contributed by atoms with E-state index in [0.717, 1.165) is 0 Å². The molecule has 0 saturated carbocycles. The molecule has 0 aliphatic carbocycles. The van der Waals surface area contributed by atoms with E-state index >= 15 is 0 Å². The molecule has 0 aromatic carbocycles. The number of ether oxygens (including phenoxy) is 1. The van der Waals surface area contributed by atoms with Gasteiger partial charge in [0.2, 0.25) is 10.0 Å². The number of halogens is 1. The summed E-state index contributed by atoms with van der Waals surface area (Å²) in [5.74, 6) is 0.580. The Kier molecular flexibility index (Phi) is 4.44. The first-order valence-electron chi connectivity index (χ1n) is 5.56. The maximum atomic E-state index is 12.4. The van der Waals surface area contributed by atoms with Gasteiger partial charge in [-0.15, -0.1) is 0 Å². The smallest absolute Gasteiger partial charge is 0.247 e. The van der Waals surface area contributed by atoms with Crippen LogP contribution in [0.5, 0.6) is 0 Å². The summed E-state index contributed by atoms with van der Waals surface area (Å²) in [7, 11) is -1.73. The second kappa shape index (κ2) is 5.70. The zero-order chi connectivity index (χ0) is 13.2. The van der Waals surface area contributed by atoms with Gasteiger partial charge in [-0.2, -0.15) is 4.31 Å². The van der Waals surface area contributed by atoms with Crippen molar-refractivity contribution in [3.63, 3.8) is 0 Å². The number of hydrogen-bond donors (Lipinski definition) is 1. The van der Waals surface area contributed by atoms with Gasteiger partial charge in [0.1, 0.15) is 10.7 Å². The van der Waals surface area contributed by atoms with E-state index in [9.17, 15) is 8.42 Å². The van der Waals surface area contributed by atoms with Crippen molar-refractivity contribution in [2.24, 2.45) is 0 Å². The molecule has 1 saturated heterocycles. The molecular formula is C10H15BrN2O4S. The molecule has 1 fully saturated rings. The molecular weight excluding hydrogens is 324 g/mol. The third-order valence-corrected chi connectivity index (χ3v) is 5.40. The van der Waals surface area contributed by atoms with E-state index in [1.165, 1.54) is 4.31 Å². The highest BCUT2D eigenvalue weighted by atomic mass is 79.9. The standard InChI is InChI=1S/C10H15BrN2O4S/c1-12-7-8-6-9(10(11)17-8)18(14,15)13-2-4-16-5-3-13/h6,12H,2-5,7H2,1H3. The Hall–Kier alpha value is -0.410. The first-order valence-corrected chi connectivity index (χ1v) is 7.79. The summed E-state index contributed by atoms with van der Waals surface area (Å²) in [6.45, 7) is 2.09. The van der Waals surface area contributed by atoms with Crippen LogP contribution in [-0.4, -0.2) is 46.1 Å². The molecule has 18 heavy (non-hydrogen) atoms. The summed E-state index contributed by atoms with van der Waals surface area (Å²) in [5.41, 5.74) is 0. The summed E-state index contributed by atoms with van der Waals surface area (Å²) in [4.78, 5) is 0.176. The molecule has 0 atom stereocenters. The quantitative estimate of drug-likeness (QED) is 0.878. The normalized spacial score (nSPS) is 18.1. The van der Waals surface area contributed by atoms with Crippen LogP contribution in [0.3, 0.4) is 0 Å². The average molecular weight is 339 g/mol. The van der Waals surface area contributed by atoms with Gasteiger partial charge in [-0.25, -0.2) is 8.42 Å². The van der Waals surface area contributed by atoms with Crippen LogP contribution >= 0.6 is 15.9 Å².